The fourth-order valence-electron chi connectivity index (χ4n) is 1.75. The van der Waals surface area contributed by atoms with Gasteiger partial charge in [-0.15, -0.1) is 0 Å². The molecular formula is C16H16FeN2O4. The second kappa shape index (κ2) is 8.82. The number of rotatable bonds is 5. The third-order valence-corrected chi connectivity index (χ3v) is 2.91. The van der Waals surface area contributed by atoms with Gasteiger partial charge in [-0.1, -0.05) is 12.1 Å². The van der Waals surface area contributed by atoms with Gasteiger partial charge in [0.2, 0.25) is 0 Å². The number of benzene rings is 2. The van der Waals surface area contributed by atoms with Crippen LogP contribution in [0.25, 0.3) is 0 Å². The molecule has 0 aliphatic carbocycles. The van der Waals surface area contributed by atoms with Gasteiger partial charge in [0.25, 0.3) is 0 Å². The number of phenols is 4. The van der Waals surface area contributed by atoms with Crippen molar-refractivity contribution in [1.29, 1.82) is 0 Å². The maximum absolute atomic E-state index is 9.58. The van der Waals surface area contributed by atoms with Crippen molar-refractivity contribution in [3.63, 3.8) is 0 Å². The molecule has 2 aromatic carbocycles. The van der Waals surface area contributed by atoms with Gasteiger partial charge < -0.3 is 20.4 Å². The largest absolute Gasteiger partial charge is 0.504 e. The molecule has 0 aromatic heterocycles. The number of hydrogen-bond donors (Lipinski definition) is 4. The van der Waals surface area contributed by atoms with Crippen LogP contribution in [0.4, 0.5) is 0 Å². The normalized spacial score (nSPS) is 11.0. The summed E-state index contributed by atoms with van der Waals surface area (Å²) in [4.78, 5) is 8.19. The van der Waals surface area contributed by atoms with Crippen LogP contribution >= 0.6 is 0 Å². The molecule has 23 heavy (non-hydrogen) atoms. The third-order valence-electron chi connectivity index (χ3n) is 2.91. The molecule has 6 nitrogen and oxygen atoms in total. The van der Waals surface area contributed by atoms with Gasteiger partial charge in [0, 0.05) is 40.6 Å². The maximum Gasteiger partial charge on any atom is 0.166 e. The van der Waals surface area contributed by atoms with Gasteiger partial charge in [-0.2, -0.15) is 0 Å². The van der Waals surface area contributed by atoms with Gasteiger partial charge in [-0.05, 0) is 24.3 Å². The third kappa shape index (κ3) is 5.02. The Hall–Kier alpha value is -2.50. The van der Waals surface area contributed by atoms with Crippen LogP contribution in [0.2, 0.25) is 0 Å². The van der Waals surface area contributed by atoms with Gasteiger partial charge in [-0.3, -0.25) is 9.98 Å². The predicted molar refractivity (Wildman–Crippen MR) is 84.5 cm³/mol. The number of aromatic hydroxyl groups is 4. The van der Waals surface area contributed by atoms with Crippen molar-refractivity contribution in [2.24, 2.45) is 9.98 Å². The minimum atomic E-state index is -0.209. The van der Waals surface area contributed by atoms with Crippen molar-refractivity contribution in [3.05, 3.63) is 47.5 Å². The predicted octanol–water partition coefficient (Wildman–Crippen LogP) is 2.04. The average molecular weight is 356 g/mol. The van der Waals surface area contributed by atoms with Crippen LogP contribution in [0.3, 0.4) is 0 Å². The molecule has 0 heterocycles. The topological polar surface area (TPSA) is 106 Å². The second-order valence-electron chi connectivity index (χ2n) is 4.50. The molecule has 0 fully saturated rings. The number of hydrogen-bond acceptors (Lipinski definition) is 6. The smallest absolute Gasteiger partial charge is 0.166 e. The number of phenolic OH excluding ortho intramolecular Hbond substituents is 4. The Labute approximate surface area is 144 Å². The molecule has 0 bridgehead atoms. The van der Waals surface area contributed by atoms with Crippen LogP contribution in [-0.2, 0) is 17.1 Å². The molecule has 0 saturated heterocycles. The Morgan fingerprint density at radius 3 is 1.48 bits per heavy atom. The first kappa shape index (κ1) is 18.5. The summed E-state index contributed by atoms with van der Waals surface area (Å²) in [5.74, 6) is -0.804. The first-order valence-electron chi connectivity index (χ1n) is 6.61. The SMILES string of the molecule is Oc1cccc(C=NCCN=Cc2cccc(O)c2O)c1O.[Fe]. The zero-order chi connectivity index (χ0) is 15.9. The summed E-state index contributed by atoms with van der Waals surface area (Å²) in [6, 6.07) is 9.26. The zero-order valence-corrected chi connectivity index (χ0v) is 13.2. The number of para-hydroxylation sites is 2. The van der Waals surface area contributed by atoms with Crippen molar-refractivity contribution in [2.45, 2.75) is 0 Å². The van der Waals surface area contributed by atoms with E-state index in [1.807, 2.05) is 0 Å². The van der Waals surface area contributed by atoms with E-state index in [-0.39, 0.29) is 40.1 Å². The van der Waals surface area contributed by atoms with Crippen LogP contribution < -0.4 is 0 Å². The van der Waals surface area contributed by atoms with Crippen molar-refractivity contribution in [3.8, 4) is 23.0 Å². The van der Waals surface area contributed by atoms with E-state index in [1.54, 1.807) is 24.3 Å². The van der Waals surface area contributed by atoms with E-state index in [0.29, 0.717) is 24.2 Å². The van der Waals surface area contributed by atoms with E-state index in [9.17, 15) is 20.4 Å². The molecule has 4 N–H and O–H groups in total. The summed E-state index contributed by atoms with van der Waals surface area (Å²) in [5.41, 5.74) is 0.851. The number of nitrogens with zero attached hydrogens (tertiary/aromatic N) is 2. The van der Waals surface area contributed by atoms with Gasteiger partial charge in [-0.25, -0.2) is 0 Å². The molecule has 0 amide bonds. The van der Waals surface area contributed by atoms with Crippen molar-refractivity contribution >= 4 is 12.4 Å². The molecule has 2 rings (SSSR count). The van der Waals surface area contributed by atoms with E-state index in [4.69, 9.17) is 0 Å². The Bertz CT molecular complexity index is 656. The van der Waals surface area contributed by atoms with Crippen LogP contribution in [0, 0.1) is 0 Å². The van der Waals surface area contributed by atoms with Crippen LogP contribution in [-0.4, -0.2) is 45.9 Å². The monoisotopic (exact) mass is 356 g/mol. The molecule has 0 aliphatic rings. The van der Waals surface area contributed by atoms with Gasteiger partial charge in [0.15, 0.2) is 23.0 Å². The molecule has 0 unspecified atom stereocenters. The van der Waals surface area contributed by atoms with Crippen molar-refractivity contribution in [2.75, 3.05) is 13.1 Å². The Balaban J connectivity index is 0.00000264. The summed E-state index contributed by atoms with van der Waals surface area (Å²) in [6.07, 6.45) is 2.91. The summed E-state index contributed by atoms with van der Waals surface area (Å²) in [5, 5.41) is 37.8. The standard InChI is InChI=1S/C16H16N2O4.Fe/c19-13-5-1-3-11(15(13)21)9-17-7-8-18-10-12-4-2-6-14(20)16(12)22;/h1-6,9-10,19-22H,7-8H2;. The quantitative estimate of drug-likeness (QED) is 0.285. The molecule has 7 heteroatoms. The van der Waals surface area contributed by atoms with Gasteiger partial charge >= 0.3 is 0 Å². The first-order chi connectivity index (χ1) is 10.6. The summed E-state index contributed by atoms with van der Waals surface area (Å²) in [7, 11) is 0. The molecule has 0 saturated carbocycles. The van der Waals surface area contributed by atoms with E-state index >= 15 is 0 Å². The maximum atomic E-state index is 9.58. The Morgan fingerprint density at radius 1 is 0.696 bits per heavy atom. The van der Waals surface area contributed by atoms with Crippen molar-refractivity contribution in [1.82, 2.24) is 0 Å². The Kier molecular flexibility index (Phi) is 7.12. The van der Waals surface area contributed by atoms with Crippen molar-refractivity contribution < 1.29 is 37.5 Å². The average Bonchev–Trinajstić information content (AvgIpc) is 2.51. The van der Waals surface area contributed by atoms with E-state index < -0.39 is 0 Å². The second-order valence-corrected chi connectivity index (χ2v) is 4.50. The van der Waals surface area contributed by atoms with Crippen LogP contribution in [0.1, 0.15) is 11.1 Å². The molecule has 0 atom stereocenters. The fraction of sp³-hybridized carbons (Fsp3) is 0.125. The van der Waals surface area contributed by atoms with Crippen LogP contribution in [0.15, 0.2) is 46.4 Å². The molecule has 0 aliphatic heterocycles. The fourth-order valence-corrected chi connectivity index (χ4v) is 1.75. The molecule has 0 spiro atoms. The van der Waals surface area contributed by atoms with E-state index in [2.05, 4.69) is 9.98 Å². The number of aliphatic imine (C=N–C) groups is 2. The first-order valence-corrected chi connectivity index (χ1v) is 6.61. The van der Waals surface area contributed by atoms with E-state index in [0.717, 1.165) is 0 Å². The van der Waals surface area contributed by atoms with Gasteiger partial charge in [0.1, 0.15) is 0 Å². The molecule has 122 valence electrons. The van der Waals surface area contributed by atoms with Gasteiger partial charge in [0.05, 0.1) is 13.1 Å². The zero-order valence-electron chi connectivity index (χ0n) is 12.1. The molecular weight excluding hydrogens is 340 g/mol. The summed E-state index contributed by atoms with van der Waals surface area (Å²) < 4.78 is 0. The molecule has 2 aromatic rings. The summed E-state index contributed by atoms with van der Waals surface area (Å²) >= 11 is 0. The minimum Gasteiger partial charge on any atom is -0.504 e. The minimum absolute atomic E-state index is 0. The van der Waals surface area contributed by atoms with Crippen LogP contribution in [0.5, 0.6) is 23.0 Å². The molecule has 0 radical (unpaired) electrons. The Morgan fingerprint density at radius 2 is 1.09 bits per heavy atom. The van der Waals surface area contributed by atoms with E-state index in [1.165, 1.54) is 24.6 Å². The summed E-state index contributed by atoms with van der Waals surface area (Å²) in [6.45, 7) is 0.760.